The number of hydrogen-bond donors (Lipinski definition) is 1. The van der Waals surface area contributed by atoms with E-state index >= 15 is 0 Å². The molecule has 7 nitrogen and oxygen atoms in total. The van der Waals surface area contributed by atoms with Gasteiger partial charge in [0.25, 0.3) is 5.91 Å². The van der Waals surface area contributed by atoms with E-state index in [1.165, 1.54) is 73.8 Å². The molecule has 1 N–H and O–H groups in total. The smallest absolute Gasteiger partial charge is 0.337 e. The van der Waals surface area contributed by atoms with Gasteiger partial charge < -0.3 is 9.84 Å². The van der Waals surface area contributed by atoms with E-state index in [2.05, 4.69) is 4.74 Å². The molecule has 0 fully saturated rings. The lowest BCUT2D eigenvalue weighted by Crippen LogP contribution is -2.31. The molecule has 4 rings (SSSR count). The van der Waals surface area contributed by atoms with Crippen molar-refractivity contribution in [2.24, 2.45) is 0 Å². The average molecular weight is 467 g/mol. The number of halogens is 1. The molecule has 1 heterocycles. The summed E-state index contributed by atoms with van der Waals surface area (Å²) < 4.78 is 45.6. The van der Waals surface area contributed by atoms with Crippen molar-refractivity contribution < 1.29 is 32.2 Å². The van der Waals surface area contributed by atoms with Crippen LogP contribution >= 0.6 is 0 Å². The monoisotopic (exact) mass is 467 g/mol. The predicted octanol–water partition coefficient (Wildman–Crippen LogP) is 3.94. The van der Waals surface area contributed by atoms with E-state index in [-0.39, 0.29) is 16.1 Å². The van der Waals surface area contributed by atoms with Gasteiger partial charge in [-0.05, 0) is 48.0 Å². The summed E-state index contributed by atoms with van der Waals surface area (Å²) in [5, 5.41) is 10.7. The fourth-order valence-corrected chi connectivity index (χ4v) is 5.34. The molecule has 33 heavy (non-hydrogen) atoms. The van der Waals surface area contributed by atoms with Crippen LogP contribution in [0.4, 0.5) is 10.1 Å². The summed E-state index contributed by atoms with van der Waals surface area (Å²) in [6, 6.07) is 16.9. The van der Waals surface area contributed by atoms with Crippen molar-refractivity contribution in [2.75, 3.05) is 12.0 Å². The second-order valence-corrected chi connectivity index (χ2v) is 9.12. The lowest BCUT2D eigenvalue weighted by atomic mass is 10.0. The lowest BCUT2D eigenvalue weighted by molar-refractivity contribution is -0.117. The van der Waals surface area contributed by atoms with Crippen LogP contribution in [0.3, 0.4) is 0 Å². The van der Waals surface area contributed by atoms with Gasteiger partial charge in [-0.3, -0.25) is 9.69 Å². The number of rotatable bonds is 5. The summed E-state index contributed by atoms with van der Waals surface area (Å²) >= 11 is 0. The Balaban J connectivity index is 1.92. The van der Waals surface area contributed by atoms with Crippen LogP contribution < -0.4 is 4.90 Å². The molecule has 9 heteroatoms. The quantitative estimate of drug-likeness (QED) is 0.571. The zero-order valence-corrected chi connectivity index (χ0v) is 18.1. The molecule has 1 aliphatic heterocycles. The molecule has 1 aliphatic rings. The summed E-state index contributed by atoms with van der Waals surface area (Å²) in [7, 11) is -3.09. The number of esters is 1. The van der Waals surface area contributed by atoms with Crippen molar-refractivity contribution in [3.63, 3.8) is 0 Å². The van der Waals surface area contributed by atoms with E-state index in [0.29, 0.717) is 5.56 Å². The van der Waals surface area contributed by atoms with E-state index in [9.17, 15) is 27.5 Å². The number of ether oxygens (including phenoxy) is 1. The summed E-state index contributed by atoms with van der Waals surface area (Å²) in [5.74, 6) is -3.18. The first-order valence-electron chi connectivity index (χ1n) is 9.76. The number of amides is 1. The van der Waals surface area contributed by atoms with E-state index < -0.39 is 44.2 Å². The van der Waals surface area contributed by atoms with E-state index in [1.54, 1.807) is 6.07 Å². The van der Waals surface area contributed by atoms with Gasteiger partial charge in [0.05, 0.1) is 17.6 Å². The van der Waals surface area contributed by atoms with Crippen molar-refractivity contribution in [3.8, 4) is 0 Å². The number of anilines is 1. The van der Waals surface area contributed by atoms with Crippen LogP contribution in [0.15, 0.2) is 94.4 Å². The number of sulfone groups is 1. The second kappa shape index (κ2) is 8.51. The minimum absolute atomic E-state index is 0.0619. The standard InChI is InChI=1S/C24H18FNO6S/c1-32-24(29)16-12-10-15(11-13-16)20-22(33(30,31)19-8-3-2-4-9-19)21(27)23(28)26(20)18-7-5-6-17(25)14-18/h2-14,20,27H,1H3/t20-/m0/s1. The first-order chi connectivity index (χ1) is 15.8. The fourth-order valence-electron chi connectivity index (χ4n) is 3.70. The minimum Gasteiger partial charge on any atom is -0.502 e. The maximum Gasteiger partial charge on any atom is 0.337 e. The van der Waals surface area contributed by atoms with Gasteiger partial charge in [0.1, 0.15) is 16.8 Å². The third kappa shape index (κ3) is 3.87. The van der Waals surface area contributed by atoms with Gasteiger partial charge in [0, 0.05) is 5.69 Å². The van der Waals surface area contributed by atoms with Crippen molar-refractivity contribution in [3.05, 3.63) is 106 Å². The van der Waals surface area contributed by atoms with E-state index in [0.717, 1.165) is 11.0 Å². The Hall–Kier alpha value is -3.98. The van der Waals surface area contributed by atoms with Crippen molar-refractivity contribution in [2.45, 2.75) is 10.9 Å². The molecule has 3 aromatic carbocycles. The second-order valence-electron chi connectivity index (χ2n) is 7.20. The molecule has 0 spiro atoms. The molecule has 1 atom stereocenters. The van der Waals surface area contributed by atoms with Crippen LogP contribution in [-0.4, -0.2) is 32.5 Å². The van der Waals surface area contributed by atoms with Gasteiger partial charge in [0.15, 0.2) is 5.76 Å². The molecule has 1 amide bonds. The summed E-state index contributed by atoms with van der Waals surface area (Å²) in [5.41, 5.74) is 0.564. The van der Waals surface area contributed by atoms with Crippen LogP contribution in [0, 0.1) is 5.82 Å². The number of methoxy groups -OCH3 is 1. The van der Waals surface area contributed by atoms with Gasteiger partial charge in [-0.2, -0.15) is 0 Å². The predicted molar refractivity (Wildman–Crippen MR) is 118 cm³/mol. The number of aliphatic hydroxyl groups is 1. The Morgan fingerprint density at radius 3 is 2.27 bits per heavy atom. The van der Waals surface area contributed by atoms with E-state index in [4.69, 9.17) is 0 Å². The molecule has 0 saturated carbocycles. The first-order valence-corrected chi connectivity index (χ1v) is 11.2. The van der Waals surface area contributed by atoms with Crippen molar-refractivity contribution in [1.82, 2.24) is 0 Å². The Morgan fingerprint density at radius 1 is 1.00 bits per heavy atom. The highest BCUT2D eigenvalue weighted by Gasteiger charge is 2.47. The molecule has 0 radical (unpaired) electrons. The average Bonchev–Trinajstić information content (AvgIpc) is 3.10. The molecular formula is C24H18FNO6S. The first kappa shape index (κ1) is 22.2. The fraction of sp³-hybridized carbons (Fsp3) is 0.0833. The van der Waals surface area contributed by atoms with Gasteiger partial charge >= 0.3 is 5.97 Å². The number of benzene rings is 3. The van der Waals surface area contributed by atoms with Gasteiger partial charge in [-0.1, -0.05) is 36.4 Å². The normalized spacial score (nSPS) is 16.2. The molecule has 0 aliphatic carbocycles. The Kier molecular flexibility index (Phi) is 5.73. The van der Waals surface area contributed by atoms with Crippen molar-refractivity contribution >= 4 is 27.4 Å². The van der Waals surface area contributed by atoms with Crippen LogP contribution in [-0.2, 0) is 19.4 Å². The van der Waals surface area contributed by atoms with Gasteiger partial charge in [-0.25, -0.2) is 17.6 Å². The Morgan fingerprint density at radius 2 is 1.67 bits per heavy atom. The molecule has 3 aromatic rings. The lowest BCUT2D eigenvalue weighted by Gasteiger charge is -2.27. The summed E-state index contributed by atoms with van der Waals surface area (Å²) in [6.45, 7) is 0. The molecule has 0 saturated heterocycles. The summed E-state index contributed by atoms with van der Waals surface area (Å²) in [6.07, 6.45) is 0. The molecule has 168 valence electrons. The van der Waals surface area contributed by atoms with Gasteiger partial charge in [-0.15, -0.1) is 0 Å². The third-order valence-electron chi connectivity index (χ3n) is 5.24. The van der Waals surface area contributed by atoms with Crippen LogP contribution in [0.5, 0.6) is 0 Å². The number of carbonyl (C=O) groups is 2. The SMILES string of the molecule is COC(=O)c1ccc([C@H]2C(S(=O)(=O)c3ccccc3)=C(O)C(=O)N2c2cccc(F)c2)cc1. The van der Waals surface area contributed by atoms with Gasteiger partial charge in [0.2, 0.25) is 9.84 Å². The zero-order chi connectivity index (χ0) is 23.8. The molecular weight excluding hydrogens is 449 g/mol. The highest BCUT2D eigenvalue weighted by atomic mass is 32.2. The van der Waals surface area contributed by atoms with Crippen LogP contribution in [0.25, 0.3) is 0 Å². The summed E-state index contributed by atoms with van der Waals surface area (Å²) in [4.78, 5) is 25.2. The molecule has 0 aromatic heterocycles. The number of nitrogens with zero attached hydrogens (tertiary/aromatic N) is 1. The maximum absolute atomic E-state index is 14.0. The van der Waals surface area contributed by atoms with Crippen LogP contribution in [0.2, 0.25) is 0 Å². The minimum atomic E-state index is -4.32. The number of carbonyl (C=O) groups excluding carboxylic acids is 2. The van der Waals surface area contributed by atoms with E-state index in [1.807, 2.05) is 0 Å². The number of aliphatic hydroxyl groups excluding tert-OH is 1. The maximum atomic E-state index is 14.0. The third-order valence-corrected chi connectivity index (χ3v) is 7.13. The topological polar surface area (TPSA) is 101 Å². The largest absolute Gasteiger partial charge is 0.502 e. The highest BCUT2D eigenvalue weighted by molar-refractivity contribution is 7.95. The highest BCUT2D eigenvalue weighted by Crippen LogP contribution is 2.44. The van der Waals surface area contributed by atoms with Crippen molar-refractivity contribution in [1.29, 1.82) is 0 Å². The zero-order valence-electron chi connectivity index (χ0n) is 17.3. The Labute approximate surface area is 189 Å². The molecule has 0 unspecified atom stereocenters. The van der Waals surface area contributed by atoms with Crippen LogP contribution in [0.1, 0.15) is 22.0 Å². The molecule has 0 bridgehead atoms. The number of hydrogen-bond acceptors (Lipinski definition) is 6. The Bertz CT molecular complexity index is 1370.